The number of carbonyl (C=O) groups excluding carboxylic acids is 1. The molecular formula is C25H25N5O3. The molecule has 33 heavy (non-hydrogen) atoms. The van der Waals surface area contributed by atoms with Crippen molar-refractivity contribution in [2.45, 2.75) is 32.2 Å². The molecule has 1 saturated heterocycles. The van der Waals surface area contributed by atoms with Gasteiger partial charge in [-0.15, -0.1) is 0 Å². The molecule has 0 spiro atoms. The fourth-order valence-electron chi connectivity index (χ4n) is 4.17. The number of rotatable bonds is 6. The number of aromatic nitrogens is 4. The van der Waals surface area contributed by atoms with Gasteiger partial charge in [0.05, 0.1) is 0 Å². The zero-order valence-corrected chi connectivity index (χ0v) is 18.4. The van der Waals surface area contributed by atoms with Crippen LogP contribution in [0.2, 0.25) is 0 Å². The van der Waals surface area contributed by atoms with Gasteiger partial charge in [-0.05, 0) is 50.5 Å². The van der Waals surface area contributed by atoms with E-state index in [1.807, 2.05) is 72.3 Å². The van der Waals surface area contributed by atoms with Crippen LogP contribution >= 0.6 is 0 Å². The summed E-state index contributed by atoms with van der Waals surface area (Å²) in [6.45, 7) is 2.58. The molecule has 0 bridgehead atoms. The van der Waals surface area contributed by atoms with Gasteiger partial charge in [-0.25, -0.2) is 4.98 Å². The minimum atomic E-state index is -0.244. The highest BCUT2D eigenvalue weighted by Crippen LogP contribution is 2.31. The van der Waals surface area contributed by atoms with E-state index in [-0.39, 0.29) is 18.6 Å². The average molecular weight is 444 g/mol. The van der Waals surface area contributed by atoms with Crippen LogP contribution in [0, 0.1) is 6.92 Å². The van der Waals surface area contributed by atoms with Gasteiger partial charge in [0.15, 0.2) is 6.61 Å². The number of hydrogen-bond acceptors (Lipinski definition) is 6. The molecule has 1 atom stereocenters. The fourth-order valence-corrected chi connectivity index (χ4v) is 4.17. The highest BCUT2D eigenvalue weighted by Gasteiger charge is 2.32. The van der Waals surface area contributed by atoms with E-state index < -0.39 is 0 Å². The number of carbonyl (C=O) groups is 1. The summed E-state index contributed by atoms with van der Waals surface area (Å²) in [4.78, 5) is 23.7. The molecule has 2 aromatic heterocycles. The largest absolute Gasteiger partial charge is 0.484 e. The van der Waals surface area contributed by atoms with E-state index >= 15 is 0 Å². The monoisotopic (exact) mass is 443 g/mol. The summed E-state index contributed by atoms with van der Waals surface area (Å²) in [6.07, 6.45) is 6.42. The van der Waals surface area contributed by atoms with Gasteiger partial charge in [0, 0.05) is 30.2 Å². The van der Waals surface area contributed by atoms with E-state index in [1.54, 1.807) is 11.1 Å². The SMILES string of the molecule is Cc1nccn1-c1cccc(-c2noc([C@@H]3CCCCN3C(=O)COc3ccccc3)n2)c1. The number of piperidine rings is 1. The van der Waals surface area contributed by atoms with Gasteiger partial charge in [0.1, 0.15) is 17.6 Å². The number of amides is 1. The van der Waals surface area contributed by atoms with Crippen LogP contribution in [-0.2, 0) is 4.79 Å². The third kappa shape index (κ3) is 4.50. The first-order valence-corrected chi connectivity index (χ1v) is 11.1. The van der Waals surface area contributed by atoms with Crippen LogP contribution in [0.15, 0.2) is 71.5 Å². The van der Waals surface area contributed by atoms with Crippen LogP contribution in [0.1, 0.15) is 37.0 Å². The van der Waals surface area contributed by atoms with E-state index in [2.05, 4.69) is 15.1 Å². The highest BCUT2D eigenvalue weighted by atomic mass is 16.5. The predicted molar refractivity (Wildman–Crippen MR) is 122 cm³/mol. The Morgan fingerprint density at radius 3 is 2.85 bits per heavy atom. The standard InChI is InChI=1S/C25H25N5O3/c1-18-26-13-15-29(18)20-9-7-8-19(16-20)24-27-25(33-28-24)22-12-5-6-14-30(22)23(31)17-32-21-10-3-2-4-11-21/h2-4,7-11,13,15-16,22H,5-6,12,14,17H2,1H3/t22-/m0/s1. The summed E-state index contributed by atoms with van der Waals surface area (Å²) in [6, 6.07) is 17.0. The number of nitrogens with zero attached hydrogens (tertiary/aromatic N) is 5. The molecule has 0 aliphatic carbocycles. The summed E-state index contributed by atoms with van der Waals surface area (Å²) in [7, 11) is 0. The van der Waals surface area contributed by atoms with E-state index in [0.29, 0.717) is 24.0 Å². The third-order valence-electron chi connectivity index (χ3n) is 5.86. The minimum Gasteiger partial charge on any atom is -0.484 e. The topological polar surface area (TPSA) is 86.3 Å². The van der Waals surface area contributed by atoms with E-state index in [0.717, 1.165) is 36.3 Å². The number of ether oxygens (including phenoxy) is 1. The van der Waals surface area contributed by atoms with Gasteiger partial charge >= 0.3 is 0 Å². The predicted octanol–water partition coefficient (Wildman–Crippen LogP) is 4.36. The van der Waals surface area contributed by atoms with Crippen LogP contribution < -0.4 is 4.74 Å². The zero-order valence-electron chi connectivity index (χ0n) is 18.4. The molecule has 1 aliphatic rings. The van der Waals surface area contributed by atoms with Gasteiger partial charge in [-0.1, -0.05) is 35.5 Å². The van der Waals surface area contributed by atoms with Gasteiger partial charge in [0.2, 0.25) is 11.7 Å². The molecule has 8 nitrogen and oxygen atoms in total. The lowest BCUT2D eigenvalue weighted by molar-refractivity contribution is -0.138. The maximum atomic E-state index is 12.9. The molecule has 3 heterocycles. The van der Waals surface area contributed by atoms with Crippen molar-refractivity contribution in [2.75, 3.05) is 13.2 Å². The Morgan fingerprint density at radius 1 is 1.15 bits per heavy atom. The summed E-state index contributed by atoms with van der Waals surface area (Å²) in [5.41, 5.74) is 1.82. The summed E-state index contributed by atoms with van der Waals surface area (Å²) in [5, 5.41) is 4.21. The second-order valence-electron chi connectivity index (χ2n) is 8.05. The van der Waals surface area contributed by atoms with Crippen molar-refractivity contribution in [3.8, 4) is 22.8 Å². The number of imidazole rings is 1. The van der Waals surface area contributed by atoms with E-state index in [1.165, 1.54) is 0 Å². The molecule has 8 heteroatoms. The van der Waals surface area contributed by atoms with Crippen molar-refractivity contribution < 1.29 is 14.1 Å². The molecule has 1 amide bonds. The normalized spacial score (nSPS) is 16.0. The molecule has 0 unspecified atom stereocenters. The fraction of sp³-hybridized carbons (Fsp3) is 0.280. The van der Waals surface area contributed by atoms with Crippen LogP contribution in [0.25, 0.3) is 17.1 Å². The second-order valence-corrected chi connectivity index (χ2v) is 8.05. The van der Waals surface area contributed by atoms with Crippen molar-refractivity contribution >= 4 is 5.91 Å². The molecule has 0 saturated carbocycles. The zero-order chi connectivity index (χ0) is 22.6. The van der Waals surface area contributed by atoms with Crippen molar-refractivity contribution in [1.29, 1.82) is 0 Å². The van der Waals surface area contributed by atoms with Gasteiger partial charge in [-0.3, -0.25) is 4.79 Å². The molecule has 168 valence electrons. The number of likely N-dealkylation sites (tertiary alicyclic amines) is 1. The summed E-state index contributed by atoms with van der Waals surface area (Å²) < 4.78 is 13.3. The van der Waals surface area contributed by atoms with Crippen LogP contribution in [0.4, 0.5) is 0 Å². The lowest BCUT2D eigenvalue weighted by Gasteiger charge is -2.33. The van der Waals surface area contributed by atoms with Crippen molar-refractivity contribution in [1.82, 2.24) is 24.6 Å². The Labute approximate surface area is 191 Å². The Balaban J connectivity index is 1.33. The summed E-state index contributed by atoms with van der Waals surface area (Å²) >= 11 is 0. The molecule has 1 aliphatic heterocycles. The minimum absolute atomic E-state index is 0.0200. The van der Waals surface area contributed by atoms with Crippen molar-refractivity contribution in [2.24, 2.45) is 0 Å². The summed E-state index contributed by atoms with van der Waals surface area (Å²) in [5.74, 6) is 2.45. The molecule has 0 N–H and O–H groups in total. The van der Waals surface area contributed by atoms with E-state index in [9.17, 15) is 4.79 Å². The van der Waals surface area contributed by atoms with Crippen molar-refractivity contribution in [3.05, 3.63) is 78.7 Å². The van der Waals surface area contributed by atoms with Crippen LogP contribution in [0.3, 0.4) is 0 Å². The molecule has 5 rings (SSSR count). The first kappa shape index (κ1) is 20.9. The Kier molecular flexibility index (Phi) is 5.89. The number of benzene rings is 2. The Hall–Kier alpha value is -3.94. The van der Waals surface area contributed by atoms with Gasteiger partial charge in [-0.2, -0.15) is 4.98 Å². The lowest BCUT2D eigenvalue weighted by atomic mass is 10.0. The molecule has 4 aromatic rings. The Morgan fingerprint density at radius 2 is 2.03 bits per heavy atom. The van der Waals surface area contributed by atoms with E-state index in [4.69, 9.17) is 9.26 Å². The van der Waals surface area contributed by atoms with Gasteiger partial charge in [0.25, 0.3) is 5.91 Å². The van der Waals surface area contributed by atoms with Crippen LogP contribution in [0.5, 0.6) is 5.75 Å². The maximum absolute atomic E-state index is 12.9. The first-order chi connectivity index (χ1) is 16.2. The quantitative estimate of drug-likeness (QED) is 0.440. The average Bonchev–Trinajstić information content (AvgIpc) is 3.53. The first-order valence-electron chi connectivity index (χ1n) is 11.1. The third-order valence-corrected chi connectivity index (χ3v) is 5.86. The highest BCUT2D eigenvalue weighted by molar-refractivity contribution is 5.78. The molecule has 0 radical (unpaired) electrons. The number of aryl methyl sites for hydroxylation is 1. The smallest absolute Gasteiger partial charge is 0.261 e. The van der Waals surface area contributed by atoms with Crippen molar-refractivity contribution in [3.63, 3.8) is 0 Å². The Bertz CT molecular complexity index is 1230. The number of para-hydroxylation sites is 1. The lowest BCUT2D eigenvalue weighted by Crippen LogP contribution is -2.41. The van der Waals surface area contributed by atoms with Crippen LogP contribution in [-0.4, -0.2) is 43.7 Å². The second kappa shape index (κ2) is 9.28. The maximum Gasteiger partial charge on any atom is 0.261 e. The molecule has 1 fully saturated rings. The van der Waals surface area contributed by atoms with Gasteiger partial charge < -0.3 is 18.7 Å². The number of hydrogen-bond donors (Lipinski definition) is 0. The molecule has 2 aromatic carbocycles. The molecular weight excluding hydrogens is 418 g/mol.